The molecule has 2 rings (SSSR count). The molecule has 0 radical (unpaired) electrons. The molecule has 0 spiro atoms. The molecule has 20 heavy (non-hydrogen) atoms. The van der Waals surface area contributed by atoms with E-state index in [0.717, 1.165) is 30.4 Å². The number of halogens is 1. The van der Waals surface area contributed by atoms with Crippen LogP contribution >= 0.6 is 15.9 Å². The monoisotopic (exact) mass is 340 g/mol. The standard InChI is InChI=1S/C15H21BrN2O2/c1-17-8-6-12(7-9-17)18(10-11-19)15(20)13-4-2-3-5-14(13)16/h2-5,12,19H,6-11H2,1H3. The van der Waals surface area contributed by atoms with Gasteiger partial charge in [0.1, 0.15) is 0 Å². The first-order valence-electron chi connectivity index (χ1n) is 6.98. The number of rotatable bonds is 4. The Hall–Kier alpha value is -0.910. The highest BCUT2D eigenvalue weighted by molar-refractivity contribution is 9.10. The Kier molecular flexibility index (Phi) is 5.57. The molecule has 0 saturated carbocycles. The van der Waals surface area contributed by atoms with E-state index in [1.807, 2.05) is 29.2 Å². The fourth-order valence-electron chi connectivity index (χ4n) is 2.65. The van der Waals surface area contributed by atoms with Gasteiger partial charge in [-0.15, -0.1) is 0 Å². The number of benzene rings is 1. The average molecular weight is 341 g/mol. The van der Waals surface area contributed by atoms with E-state index in [-0.39, 0.29) is 18.6 Å². The minimum absolute atomic E-state index is 0.000998. The van der Waals surface area contributed by atoms with Crippen molar-refractivity contribution in [1.82, 2.24) is 9.80 Å². The van der Waals surface area contributed by atoms with Crippen molar-refractivity contribution in [2.75, 3.05) is 33.3 Å². The number of hydrogen-bond donors (Lipinski definition) is 1. The van der Waals surface area contributed by atoms with Crippen LogP contribution in [-0.2, 0) is 0 Å². The number of nitrogens with zero attached hydrogens (tertiary/aromatic N) is 2. The Labute approximate surface area is 128 Å². The molecule has 1 fully saturated rings. The second-order valence-electron chi connectivity index (χ2n) is 5.24. The van der Waals surface area contributed by atoms with E-state index in [2.05, 4.69) is 27.9 Å². The summed E-state index contributed by atoms with van der Waals surface area (Å²) in [6, 6.07) is 7.68. The third-order valence-corrected chi connectivity index (χ3v) is 4.53. The summed E-state index contributed by atoms with van der Waals surface area (Å²) >= 11 is 3.43. The van der Waals surface area contributed by atoms with Crippen molar-refractivity contribution in [2.45, 2.75) is 18.9 Å². The molecule has 4 nitrogen and oxygen atoms in total. The van der Waals surface area contributed by atoms with Crippen molar-refractivity contribution in [2.24, 2.45) is 0 Å². The molecular formula is C15H21BrN2O2. The summed E-state index contributed by atoms with van der Waals surface area (Å²) in [6.07, 6.45) is 1.93. The lowest BCUT2D eigenvalue weighted by Crippen LogP contribution is -2.47. The van der Waals surface area contributed by atoms with Gasteiger partial charge < -0.3 is 14.9 Å². The van der Waals surface area contributed by atoms with Crippen molar-refractivity contribution in [3.63, 3.8) is 0 Å². The zero-order valence-electron chi connectivity index (χ0n) is 11.8. The molecule has 1 saturated heterocycles. The van der Waals surface area contributed by atoms with Gasteiger partial charge in [0.05, 0.1) is 12.2 Å². The van der Waals surface area contributed by atoms with Gasteiger partial charge in [-0.05, 0) is 61.0 Å². The maximum Gasteiger partial charge on any atom is 0.255 e. The molecule has 0 bridgehead atoms. The zero-order chi connectivity index (χ0) is 14.5. The van der Waals surface area contributed by atoms with Crippen LogP contribution in [0.2, 0.25) is 0 Å². The lowest BCUT2D eigenvalue weighted by molar-refractivity contribution is 0.0539. The SMILES string of the molecule is CN1CCC(N(CCO)C(=O)c2ccccc2Br)CC1. The Morgan fingerprint density at radius 3 is 2.65 bits per heavy atom. The maximum absolute atomic E-state index is 12.7. The van der Waals surface area contributed by atoms with Crippen molar-refractivity contribution in [3.05, 3.63) is 34.3 Å². The van der Waals surface area contributed by atoms with Crippen LogP contribution in [0.1, 0.15) is 23.2 Å². The van der Waals surface area contributed by atoms with E-state index in [1.54, 1.807) is 0 Å². The molecule has 1 aromatic carbocycles. The molecule has 1 aromatic rings. The second kappa shape index (κ2) is 7.20. The molecule has 110 valence electrons. The van der Waals surface area contributed by atoms with Crippen LogP contribution in [-0.4, -0.2) is 60.1 Å². The van der Waals surface area contributed by atoms with Gasteiger partial charge in [0.15, 0.2) is 0 Å². The van der Waals surface area contributed by atoms with Crippen LogP contribution in [0.3, 0.4) is 0 Å². The number of likely N-dealkylation sites (tertiary alicyclic amines) is 1. The molecule has 1 heterocycles. The lowest BCUT2D eigenvalue weighted by atomic mass is 10.0. The Balaban J connectivity index is 2.16. The lowest BCUT2D eigenvalue weighted by Gasteiger charge is -2.37. The molecule has 0 atom stereocenters. The second-order valence-corrected chi connectivity index (χ2v) is 6.09. The third-order valence-electron chi connectivity index (χ3n) is 3.83. The van der Waals surface area contributed by atoms with Gasteiger partial charge in [-0.1, -0.05) is 12.1 Å². The van der Waals surface area contributed by atoms with Crippen molar-refractivity contribution in [1.29, 1.82) is 0 Å². The predicted octanol–water partition coefficient (Wildman–Crippen LogP) is 1.98. The smallest absolute Gasteiger partial charge is 0.255 e. The highest BCUT2D eigenvalue weighted by Gasteiger charge is 2.27. The highest BCUT2D eigenvalue weighted by atomic mass is 79.9. The molecule has 0 aliphatic carbocycles. The van der Waals surface area contributed by atoms with Crippen LogP contribution in [0.15, 0.2) is 28.7 Å². The van der Waals surface area contributed by atoms with Gasteiger partial charge in [0.25, 0.3) is 5.91 Å². The molecule has 0 aromatic heterocycles. The zero-order valence-corrected chi connectivity index (χ0v) is 13.3. The van der Waals surface area contributed by atoms with Crippen molar-refractivity contribution >= 4 is 21.8 Å². The minimum atomic E-state index is 0.000998. The normalized spacial score (nSPS) is 17.1. The van der Waals surface area contributed by atoms with Gasteiger partial charge >= 0.3 is 0 Å². The topological polar surface area (TPSA) is 43.8 Å². The van der Waals surface area contributed by atoms with Crippen LogP contribution in [0.25, 0.3) is 0 Å². The maximum atomic E-state index is 12.7. The highest BCUT2D eigenvalue weighted by Crippen LogP contribution is 2.22. The van der Waals surface area contributed by atoms with Crippen LogP contribution < -0.4 is 0 Å². The van der Waals surface area contributed by atoms with Crippen LogP contribution in [0.4, 0.5) is 0 Å². The molecule has 1 amide bonds. The fourth-order valence-corrected chi connectivity index (χ4v) is 3.11. The van der Waals surface area contributed by atoms with E-state index in [0.29, 0.717) is 12.1 Å². The Morgan fingerprint density at radius 1 is 1.40 bits per heavy atom. The molecule has 1 aliphatic heterocycles. The van der Waals surface area contributed by atoms with Gasteiger partial charge in [-0.3, -0.25) is 4.79 Å². The van der Waals surface area contributed by atoms with E-state index >= 15 is 0 Å². The summed E-state index contributed by atoms with van der Waals surface area (Å²) in [5.74, 6) is 0.000998. The Morgan fingerprint density at radius 2 is 2.05 bits per heavy atom. The molecule has 1 N–H and O–H groups in total. The van der Waals surface area contributed by atoms with Gasteiger partial charge in [-0.25, -0.2) is 0 Å². The Bertz CT molecular complexity index is 459. The summed E-state index contributed by atoms with van der Waals surface area (Å²) < 4.78 is 0.806. The van der Waals surface area contributed by atoms with Gasteiger partial charge in [-0.2, -0.15) is 0 Å². The third kappa shape index (κ3) is 3.59. The number of piperidine rings is 1. The number of aliphatic hydroxyl groups is 1. The first-order valence-corrected chi connectivity index (χ1v) is 7.77. The van der Waals surface area contributed by atoms with E-state index in [4.69, 9.17) is 0 Å². The number of amides is 1. The summed E-state index contributed by atoms with van der Waals surface area (Å²) in [5.41, 5.74) is 0.667. The van der Waals surface area contributed by atoms with E-state index < -0.39 is 0 Å². The predicted molar refractivity (Wildman–Crippen MR) is 82.8 cm³/mol. The van der Waals surface area contributed by atoms with Gasteiger partial charge in [0, 0.05) is 17.1 Å². The van der Waals surface area contributed by atoms with Crippen molar-refractivity contribution in [3.8, 4) is 0 Å². The van der Waals surface area contributed by atoms with Crippen LogP contribution in [0.5, 0.6) is 0 Å². The van der Waals surface area contributed by atoms with E-state index in [1.165, 1.54) is 0 Å². The summed E-state index contributed by atoms with van der Waals surface area (Å²) in [5, 5.41) is 9.27. The average Bonchev–Trinajstić information content (AvgIpc) is 2.46. The summed E-state index contributed by atoms with van der Waals surface area (Å²) in [6.45, 7) is 2.39. The number of carbonyl (C=O) groups excluding carboxylic acids is 1. The number of hydrogen-bond acceptors (Lipinski definition) is 3. The van der Waals surface area contributed by atoms with Crippen LogP contribution in [0, 0.1) is 0 Å². The summed E-state index contributed by atoms with van der Waals surface area (Å²) in [7, 11) is 2.10. The first-order chi connectivity index (χ1) is 9.63. The summed E-state index contributed by atoms with van der Waals surface area (Å²) in [4.78, 5) is 16.8. The number of carbonyl (C=O) groups is 1. The largest absolute Gasteiger partial charge is 0.395 e. The van der Waals surface area contributed by atoms with Gasteiger partial charge in [0.2, 0.25) is 0 Å². The minimum Gasteiger partial charge on any atom is -0.395 e. The molecule has 1 aliphatic rings. The fraction of sp³-hybridized carbons (Fsp3) is 0.533. The molecular weight excluding hydrogens is 320 g/mol. The quantitative estimate of drug-likeness (QED) is 0.911. The number of aliphatic hydroxyl groups excluding tert-OH is 1. The molecule has 0 unspecified atom stereocenters. The van der Waals surface area contributed by atoms with E-state index in [9.17, 15) is 9.90 Å². The van der Waals surface area contributed by atoms with Crippen molar-refractivity contribution < 1.29 is 9.90 Å². The molecule has 5 heteroatoms. The first kappa shape index (κ1) is 15.5.